The number of carbonyl (C=O) groups is 3. The molecule has 0 N–H and O–H groups in total. The van der Waals surface area contributed by atoms with E-state index in [0.29, 0.717) is 17.4 Å². The number of rotatable bonds is 6. The number of amides is 1. The average Bonchev–Trinajstić information content (AvgIpc) is 2.61. The van der Waals surface area contributed by atoms with Crippen molar-refractivity contribution in [1.82, 2.24) is 4.90 Å². The maximum absolute atomic E-state index is 13.6. The first kappa shape index (κ1) is 17.3. The van der Waals surface area contributed by atoms with Gasteiger partial charge in [0, 0.05) is 24.7 Å². The second-order valence-electron chi connectivity index (χ2n) is 5.16. The third-order valence-electron chi connectivity index (χ3n) is 3.40. The van der Waals surface area contributed by atoms with Crippen molar-refractivity contribution in [1.29, 1.82) is 0 Å². The normalized spacial score (nSPS) is 10.1. The fraction of sp³-hybridized carbons (Fsp3) is 0.167. The molecular weight excluding hydrogens is 313 g/mol. The molecule has 0 spiro atoms. The zero-order valence-corrected chi connectivity index (χ0v) is 13.1. The summed E-state index contributed by atoms with van der Waals surface area (Å²) in [5, 5.41) is 0. The van der Waals surface area contributed by atoms with Gasteiger partial charge in [0.25, 0.3) is 5.91 Å². The minimum Gasteiger partial charge on any atom is -0.452 e. The van der Waals surface area contributed by atoms with Crippen molar-refractivity contribution in [2.24, 2.45) is 0 Å². The highest BCUT2D eigenvalue weighted by Crippen LogP contribution is 2.09. The molecule has 0 aliphatic heterocycles. The molecule has 0 heterocycles. The Hall–Kier alpha value is -3.02. The number of ether oxygens (including phenoxy) is 1. The van der Waals surface area contributed by atoms with Crippen LogP contribution in [0.15, 0.2) is 48.5 Å². The molecule has 2 aromatic carbocycles. The van der Waals surface area contributed by atoms with Crippen LogP contribution in [0.25, 0.3) is 0 Å². The first-order valence-electron chi connectivity index (χ1n) is 7.21. The molecule has 0 radical (unpaired) electrons. The molecule has 2 aromatic rings. The highest BCUT2D eigenvalue weighted by atomic mass is 19.1. The molecule has 0 bridgehead atoms. The van der Waals surface area contributed by atoms with E-state index in [1.807, 2.05) is 0 Å². The number of nitrogens with zero attached hydrogens (tertiary/aromatic N) is 1. The summed E-state index contributed by atoms with van der Waals surface area (Å²) in [4.78, 5) is 35.7. The topological polar surface area (TPSA) is 63.7 Å². The second-order valence-corrected chi connectivity index (χ2v) is 5.16. The van der Waals surface area contributed by atoms with E-state index in [1.165, 1.54) is 42.3 Å². The molecule has 6 heteroatoms. The minimum atomic E-state index is -0.667. The summed E-state index contributed by atoms with van der Waals surface area (Å²) >= 11 is 0. The van der Waals surface area contributed by atoms with Crippen molar-refractivity contribution in [2.75, 3.05) is 13.7 Å². The van der Waals surface area contributed by atoms with Gasteiger partial charge in [-0.3, -0.25) is 9.59 Å². The van der Waals surface area contributed by atoms with Crippen LogP contribution in [0.1, 0.15) is 26.3 Å². The lowest BCUT2D eigenvalue weighted by Gasteiger charge is -2.17. The van der Waals surface area contributed by atoms with Gasteiger partial charge in [-0.05, 0) is 18.2 Å². The average molecular weight is 329 g/mol. The van der Waals surface area contributed by atoms with Crippen LogP contribution in [0.5, 0.6) is 0 Å². The predicted molar refractivity (Wildman–Crippen MR) is 85.0 cm³/mol. The van der Waals surface area contributed by atoms with Gasteiger partial charge in [-0.15, -0.1) is 0 Å². The van der Waals surface area contributed by atoms with E-state index in [1.54, 1.807) is 18.2 Å². The minimum absolute atomic E-state index is 0.0804. The van der Waals surface area contributed by atoms with E-state index < -0.39 is 24.3 Å². The number of hydrogen-bond acceptors (Lipinski definition) is 4. The van der Waals surface area contributed by atoms with E-state index in [0.717, 1.165) is 0 Å². The van der Waals surface area contributed by atoms with E-state index >= 15 is 0 Å². The van der Waals surface area contributed by atoms with Crippen molar-refractivity contribution in [3.63, 3.8) is 0 Å². The standard InChI is InChI=1S/C18H16FNO4/c1-20(10-15-4-2-3-5-16(15)19)17(22)12-24-18(23)14-8-6-13(11-21)7-9-14/h2-9,11H,10,12H2,1H3. The third-order valence-corrected chi connectivity index (χ3v) is 3.40. The van der Waals surface area contributed by atoms with Crippen molar-refractivity contribution < 1.29 is 23.5 Å². The number of likely N-dealkylation sites (N-methyl/N-ethyl adjacent to an activating group) is 1. The van der Waals surface area contributed by atoms with Crippen molar-refractivity contribution in [3.05, 3.63) is 71.0 Å². The van der Waals surface area contributed by atoms with Gasteiger partial charge in [-0.1, -0.05) is 30.3 Å². The second kappa shape index (κ2) is 8.01. The van der Waals surface area contributed by atoms with Crippen LogP contribution in [-0.4, -0.2) is 36.7 Å². The molecule has 0 aliphatic carbocycles. The highest BCUT2D eigenvalue weighted by molar-refractivity contribution is 5.92. The zero-order valence-electron chi connectivity index (χ0n) is 13.1. The number of benzene rings is 2. The number of halogens is 1. The molecule has 0 aromatic heterocycles. The van der Waals surface area contributed by atoms with Crippen LogP contribution >= 0.6 is 0 Å². The Morgan fingerprint density at radius 1 is 1.12 bits per heavy atom. The van der Waals surface area contributed by atoms with Gasteiger partial charge in [0.2, 0.25) is 0 Å². The summed E-state index contributed by atoms with van der Waals surface area (Å²) in [7, 11) is 1.50. The van der Waals surface area contributed by atoms with Crippen LogP contribution < -0.4 is 0 Å². The van der Waals surface area contributed by atoms with Crippen LogP contribution in [0.2, 0.25) is 0 Å². The fourth-order valence-corrected chi connectivity index (χ4v) is 1.99. The monoisotopic (exact) mass is 329 g/mol. The van der Waals surface area contributed by atoms with E-state index in [4.69, 9.17) is 4.74 Å². The molecule has 0 fully saturated rings. The Morgan fingerprint density at radius 2 is 1.79 bits per heavy atom. The van der Waals surface area contributed by atoms with Gasteiger partial charge in [-0.25, -0.2) is 9.18 Å². The summed E-state index contributed by atoms with van der Waals surface area (Å²) in [6.07, 6.45) is 0.663. The zero-order chi connectivity index (χ0) is 17.5. The molecule has 124 valence electrons. The Labute approximate surface area is 138 Å². The van der Waals surface area contributed by atoms with Crippen LogP contribution in [0.3, 0.4) is 0 Å². The maximum atomic E-state index is 13.6. The van der Waals surface area contributed by atoms with Gasteiger partial charge in [0.1, 0.15) is 12.1 Å². The molecule has 0 saturated carbocycles. The molecule has 5 nitrogen and oxygen atoms in total. The summed E-state index contributed by atoms with van der Waals surface area (Å²) in [5.41, 5.74) is 1.06. The lowest BCUT2D eigenvalue weighted by atomic mass is 10.1. The van der Waals surface area contributed by atoms with Crippen molar-refractivity contribution >= 4 is 18.2 Å². The Morgan fingerprint density at radius 3 is 2.42 bits per heavy atom. The number of aldehydes is 1. The third kappa shape index (κ3) is 4.49. The van der Waals surface area contributed by atoms with Crippen molar-refractivity contribution in [2.45, 2.75) is 6.54 Å². The first-order chi connectivity index (χ1) is 11.5. The smallest absolute Gasteiger partial charge is 0.338 e. The molecule has 0 atom stereocenters. The van der Waals surface area contributed by atoms with Gasteiger partial charge in [0.05, 0.1) is 5.56 Å². The fourth-order valence-electron chi connectivity index (χ4n) is 1.99. The molecular formula is C18H16FNO4. The first-order valence-corrected chi connectivity index (χ1v) is 7.21. The van der Waals surface area contributed by atoms with E-state index in [2.05, 4.69) is 0 Å². The van der Waals surface area contributed by atoms with Crippen LogP contribution in [-0.2, 0) is 16.1 Å². The lowest BCUT2D eigenvalue weighted by molar-refractivity contribution is -0.133. The molecule has 0 unspecified atom stereocenters. The van der Waals surface area contributed by atoms with Gasteiger partial charge in [0.15, 0.2) is 6.61 Å². The molecule has 1 amide bonds. The van der Waals surface area contributed by atoms with Crippen LogP contribution in [0.4, 0.5) is 4.39 Å². The van der Waals surface area contributed by atoms with E-state index in [9.17, 15) is 18.8 Å². The predicted octanol–water partition coefficient (Wildman–Crippen LogP) is 2.45. The number of esters is 1. The Balaban J connectivity index is 1.88. The summed E-state index contributed by atoms with van der Waals surface area (Å²) in [5.74, 6) is -1.51. The highest BCUT2D eigenvalue weighted by Gasteiger charge is 2.15. The van der Waals surface area contributed by atoms with Gasteiger partial charge in [-0.2, -0.15) is 0 Å². The summed E-state index contributed by atoms with van der Waals surface area (Å²) in [6, 6.07) is 12.0. The summed E-state index contributed by atoms with van der Waals surface area (Å²) in [6.45, 7) is -0.365. The molecule has 0 aliphatic rings. The number of hydrogen-bond donors (Lipinski definition) is 0. The van der Waals surface area contributed by atoms with E-state index in [-0.39, 0.29) is 12.1 Å². The summed E-state index contributed by atoms with van der Waals surface area (Å²) < 4.78 is 18.5. The maximum Gasteiger partial charge on any atom is 0.338 e. The quantitative estimate of drug-likeness (QED) is 0.603. The molecule has 0 saturated heterocycles. The SMILES string of the molecule is CN(Cc1ccccc1F)C(=O)COC(=O)c1ccc(C=O)cc1. The largest absolute Gasteiger partial charge is 0.452 e. The Kier molecular flexibility index (Phi) is 5.78. The van der Waals surface area contributed by atoms with Gasteiger partial charge < -0.3 is 9.64 Å². The number of carbonyl (C=O) groups excluding carboxylic acids is 3. The van der Waals surface area contributed by atoms with Crippen molar-refractivity contribution in [3.8, 4) is 0 Å². The Bertz CT molecular complexity index is 743. The molecule has 24 heavy (non-hydrogen) atoms. The van der Waals surface area contributed by atoms with Gasteiger partial charge >= 0.3 is 5.97 Å². The lowest BCUT2D eigenvalue weighted by Crippen LogP contribution is -2.31. The molecule has 2 rings (SSSR count). The van der Waals surface area contributed by atoms with Crippen LogP contribution in [0, 0.1) is 5.82 Å².